The number of hydrogen-bond donors (Lipinski definition) is 0. The van der Waals surface area contributed by atoms with Gasteiger partial charge in [-0.05, 0) is 50.3 Å². The van der Waals surface area contributed by atoms with E-state index in [4.69, 9.17) is 20.9 Å². The fourth-order valence-electron chi connectivity index (χ4n) is 4.55. The first-order valence-electron chi connectivity index (χ1n) is 10.2. The predicted molar refractivity (Wildman–Crippen MR) is 111 cm³/mol. The lowest BCUT2D eigenvalue weighted by Gasteiger charge is -2.28. The van der Waals surface area contributed by atoms with Crippen LogP contribution in [0.4, 0.5) is 0 Å². The fourth-order valence-corrected chi connectivity index (χ4v) is 4.72. The van der Waals surface area contributed by atoms with E-state index in [1.165, 1.54) is 0 Å². The molecule has 30 heavy (non-hydrogen) atoms. The zero-order valence-electron chi connectivity index (χ0n) is 16.6. The van der Waals surface area contributed by atoms with Crippen molar-refractivity contribution < 1.29 is 9.26 Å². The SMILES string of the molecule is CC1CC1c1nc(-c2ncn3c2c(=O)n(C2(C)CCCO2)c2cc(Cl)ccc23)no1. The molecule has 1 aliphatic heterocycles. The van der Waals surface area contributed by atoms with Crippen LogP contribution in [0.1, 0.15) is 44.9 Å². The molecule has 0 spiro atoms. The van der Waals surface area contributed by atoms with Crippen molar-refractivity contribution in [2.75, 3.05) is 6.61 Å². The van der Waals surface area contributed by atoms with Gasteiger partial charge < -0.3 is 9.26 Å². The number of halogens is 1. The number of imidazole rings is 1. The van der Waals surface area contributed by atoms with Crippen LogP contribution >= 0.6 is 11.6 Å². The third-order valence-electron chi connectivity index (χ3n) is 6.36. The third kappa shape index (κ3) is 2.50. The van der Waals surface area contributed by atoms with Gasteiger partial charge in [0.05, 0.1) is 11.0 Å². The molecule has 1 aliphatic carbocycles. The normalized spacial score (nSPS) is 26.1. The van der Waals surface area contributed by atoms with Crippen LogP contribution in [0.2, 0.25) is 5.02 Å². The van der Waals surface area contributed by atoms with Gasteiger partial charge in [-0.3, -0.25) is 13.8 Å². The number of nitrogens with zero attached hydrogens (tertiary/aromatic N) is 5. The summed E-state index contributed by atoms with van der Waals surface area (Å²) in [5, 5.41) is 4.68. The van der Waals surface area contributed by atoms with Crippen LogP contribution < -0.4 is 5.56 Å². The lowest BCUT2D eigenvalue weighted by atomic mass is 10.1. The molecule has 4 aromatic rings. The van der Waals surface area contributed by atoms with E-state index in [0.717, 1.165) is 24.8 Å². The number of hydrogen-bond acceptors (Lipinski definition) is 6. The van der Waals surface area contributed by atoms with Crippen molar-refractivity contribution in [1.82, 2.24) is 24.1 Å². The molecule has 2 aliphatic rings. The number of fused-ring (bicyclic) bond motifs is 3. The van der Waals surface area contributed by atoms with Gasteiger partial charge in [0.1, 0.15) is 23.3 Å². The first kappa shape index (κ1) is 18.1. The van der Waals surface area contributed by atoms with Gasteiger partial charge in [0.2, 0.25) is 11.7 Å². The lowest BCUT2D eigenvalue weighted by Crippen LogP contribution is -2.39. The van der Waals surface area contributed by atoms with E-state index in [9.17, 15) is 4.79 Å². The largest absolute Gasteiger partial charge is 0.355 e. The Bertz CT molecular complexity index is 1360. The van der Waals surface area contributed by atoms with Crippen molar-refractivity contribution >= 4 is 28.2 Å². The van der Waals surface area contributed by atoms with E-state index < -0.39 is 5.72 Å². The molecule has 6 rings (SSSR count). The molecule has 3 aromatic heterocycles. The van der Waals surface area contributed by atoms with E-state index in [0.29, 0.717) is 51.9 Å². The van der Waals surface area contributed by atoms with Crippen LogP contribution in [0, 0.1) is 5.92 Å². The lowest BCUT2D eigenvalue weighted by molar-refractivity contribution is -0.0447. The Morgan fingerprint density at radius 3 is 2.87 bits per heavy atom. The summed E-state index contributed by atoms with van der Waals surface area (Å²) in [5.41, 5.74) is 1.36. The second-order valence-corrected chi connectivity index (χ2v) is 8.92. The van der Waals surface area contributed by atoms with Gasteiger partial charge in [0.25, 0.3) is 5.56 Å². The van der Waals surface area contributed by atoms with E-state index in [-0.39, 0.29) is 5.56 Å². The van der Waals surface area contributed by atoms with Crippen molar-refractivity contribution in [3.63, 3.8) is 0 Å². The maximum atomic E-state index is 13.8. The minimum atomic E-state index is -0.755. The highest BCUT2D eigenvalue weighted by Crippen LogP contribution is 2.46. The molecule has 0 amide bonds. The van der Waals surface area contributed by atoms with Crippen molar-refractivity contribution in [1.29, 1.82) is 0 Å². The first-order valence-corrected chi connectivity index (χ1v) is 10.5. The Labute approximate surface area is 176 Å². The number of aromatic nitrogens is 5. The average Bonchev–Trinajstić information content (AvgIpc) is 3.16. The molecule has 3 unspecified atom stereocenters. The Hall–Kier alpha value is -2.71. The van der Waals surface area contributed by atoms with Crippen molar-refractivity contribution in [3.05, 3.63) is 45.8 Å². The predicted octanol–water partition coefficient (Wildman–Crippen LogP) is 3.96. The molecule has 2 fully saturated rings. The molecule has 9 heteroatoms. The van der Waals surface area contributed by atoms with Crippen molar-refractivity contribution in [2.24, 2.45) is 5.92 Å². The molecule has 1 saturated carbocycles. The molecule has 8 nitrogen and oxygen atoms in total. The Kier molecular flexibility index (Phi) is 3.71. The minimum Gasteiger partial charge on any atom is -0.355 e. The molecule has 1 aromatic carbocycles. The highest BCUT2D eigenvalue weighted by molar-refractivity contribution is 6.31. The summed E-state index contributed by atoms with van der Waals surface area (Å²) >= 11 is 6.28. The van der Waals surface area contributed by atoms with Crippen LogP contribution in [0.5, 0.6) is 0 Å². The fraction of sp³-hybridized carbons (Fsp3) is 0.429. The van der Waals surface area contributed by atoms with Crippen LogP contribution in [0.15, 0.2) is 33.8 Å². The zero-order valence-corrected chi connectivity index (χ0v) is 17.4. The summed E-state index contributed by atoms with van der Waals surface area (Å²) in [6, 6.07) is 5.49. The minimum absolute atomic E-state index is 0.215. The van der Waals surface area contributed by atoms with Crippen LogP contribution in [0.3, 0.4) is 0 Å². The van der Waals surface area contributed by atoms with Crippen LogP contribution in [0.25, 0.3) is 28.1 Å². The zero-order chi connectivity index (χ0) is 20.6. The van der Waals surface area contributed by atoms with Crippen molar-refractivity contribution in [2.45, 2.75) is 44.8 Å². The Morgan fingerprint density at radius 1 is 1.30 bits per heavy atom. The van der Waals surface area contributed by atoms with Crippen LogP contribution in [-0.4, -0.2) is 30.7 Å². The Morgan fingerprint density at radius 2 is 2.13 bits per heavy atom. The van der Waals surface area contributed by atoms with E-state index in [1.807, 2.05) is 13.0 Å². The molecule has 3 atom stereocenters. The molecule has 0 radical (unpaired) electrons. The summed E-state index contributed by atoms with van der Waals surface area (Å²) < 4.78 is 15.0. The van der Waals surface area contributed by atoms with Gasteiger partial charge in [-0.15, -0.1) is 0 Å². The number of benzene rings is 1. The molecular formula is C21H20ClN5O3. The maximum absolute atomic E-state index is 13.8. The molecule has 4 heterocycles. The topological polar surface area (TPSA) is 87.5 Å². The number of rotatable bonds is 3. The average molecular weight is 426 g/mol. The standard InChI is InChI=1S/C21H20ClN5O3/c1-11-8-13(11)19-24-18(25-30-19)16-17-20(28)27(21(2)6-3-7-29-21)15-9-12(22)4-5-14(15)26(17)10-23-16/h4-5,9-11,13H,3,6-8H2,1-2H3. The quantitative estimate of drug-likeness (QED) is 0.493. The first-order chi connectivity index (χ1) is 14.5. The summed E-state index contributed by atoms with van der Waals surface area (Å²) in [7, 11) is 0. The highest BCUT2D eigenvalue weighted by Gasteiger charge is 2.40. The smallest absolute Gasteiger partial charge is 0.280 e. The number of ether oxygens (including phenoxy) is 1. The van der Waals surface area contributed by atoms with Crippen molar-refractivity contribution in [3.8, 4) is 11.5 Å². The molecule has 154 valence electrons. The molecular weight excluding hydrogens is 406 g/mol. The second-order valence-electron chi connectivity index (χ2n) is 8.49. The van der Waals surface area contributed by atoms with E-state index in [2.05, 4.69) is 22.0 Å². The summed E-state index contributed by atoms with van der Waals surface area (Å²) in [6.45, 7) is 4.70. The monoisotopic (exact) mass is 425 g/mol. The second kappa shape index (κ2) is 6.15. The molecule has 0 bridgehead atoms. The van der Waals surface area contributed by atoms with Crippen LogP contribution in [-0.2, 0) is 10.5 Å². The molecule has 0 N–H and O–H groups in total. The van der Waals surface area contributed by atoms with Gasteiger partial charge in [0, 0.05) is 17.5 Å². The Balaban J connectivity index is 1.65. The van der Waals surface area contributed by atoms with Gasteiger partial charge in [-0.2, -0.15) is 4.98 Å². The van der Waals surface area contributed by atoms with Gasteiger partial charge >= 0.3 is 0 Å². The van der Waals surface area contributed by atoms with Gasteiger partial charge in [-0.25, -0.2) is 4.98 Å². The van der Waals surface area contributed by atoms with E-state index >= 15 is 0 Å². The summed E-state index contributed by atoms with van der Waals surface area (Å²) in [5.74, 6) is 1.78. The maximum Gasteiger partial charge on any atom is 0.280 e. The van der Waals surface area contributed by atoms with E-state index in [1.54, 1.807) is 27.4 Å². The highest BCUT2D eigenvalue weighted by atomic mass is 35.5. The summed E-state index contributed by atoms with van der Waals surface area (Å²) in [4.78, 5) is 22.8. The van der Waals surface area contributed by atoms with Gasteiger partial charge in [-0.1, -0.05) is 23.7 Å². The molecule has 1 saturated heterocycles. The third-order valence-corrected chi connectivity index (χ3v) is 6.60. The summed E-state index contributed by atoms with van der Waals surface area (Å²) in [6.07, 6.45) is 4.29. The van der Waals surface area contributed by atoms with Gasteiger partial charge in [0.15, 0.2) is 0 Å².